The van der Waals surface area contributed by atoms with Crippen molar-refractivity contribution in [3.05, 3.63) is 120 Å². The number of carbonyl (C=O) groups is 1. The third-order valence-corrected chi connectivity index (χ3v) is 5.24. The van der Waals surface area contributed by atoms with Crippen LogP contribution < -0.4 is 0 Å². The molecule has 3 aromatic carbocycles. The van der Waals surface area contributed by atoms with E-state index < -0.39 is 12.1 Å². The lowest BCUT2D eigenvalue weighted by Gasteiger charge is -2.15. The van der Waals surface area contributed by atoms with Crippen molar-refractivity contribution in [3.8, 4) is 22.6 Å². The van der Waals surface area contributed by atoms with Crippen LogP contribution in [0.3, 0.4) is 0 Å². The van der Waals surface area contributed by atoms with Crippen molar-refractivity contribution in [1.82, 2.24) is 10.3 Å². The largest absolute Gasteiger partial charge is 0.446 e. The summed E-state index contributed by atoms with van der Waals surface area (Å²) in [6.45, 7) is 1.99. The van der Waals surface area contributed by atoms with Gasteiger partial charge in [0.2, 0.25) is 0 Å². The molecule has 0 saturated carbocycles. The number of benzene rings is 3. The minimum absolute atomic E-state index is 0.0812. The third kappa shape index (κ3) is 4.45. The predicted molar refractivity (Wildman–Crippen MR) is 122 cm³/mol. The zero-order valence-electron chi connectivity index (χ0n) is 17.8. The van der Waals surface area contributed by atoms with Crippen LogP contribution >= 0.6 is 0 Å². The number of hydrogen-bond donors (Lipinski definition) is 0. The molecular formula is C27H20N2O4. The minimum atomic E-state index is -0.767. The highest BCUT2D eigenvalue weighted by molar-refractivity contribution is 5.88. The van der Waals surface area contributed by atoms with Gasteiger partial charge in [0.25, 0.3) is 0 Å². The van der Waals surface area contributed by atoms with Crippen molar-refractivity contribution in [2.75, 3.05) is 0 Å². The van der Waals surface area contributed by atoms with E-state index in [0.29, 0.717) is 17.2 Å². The second kappa shape index (κ2) is 8.96. The van der Waals surface area contributed by atoms with Crippen LogP contribution in [-0.4, -0.2) is 16.3 Å². The Morgan fingerprint density at radius 1 is 0.758 bits per heavy atom. The summed E-state index contributed by atoms with van der Waals surface area (Å²) >= 11 is 0. The fourth-order valence-electron chi connectivity index (χ4n) is 3.47. The number of nitrogens with zero attached hydrogens (tertiary/aromatic N) is 2. The zero-order chi connectivity index (χ0) is 22.6. The molecule has 2 heterocycles. The Bertz CT molecular complexity index is 1360. The van der Waals surface area contributed by atoms with Crippen LogP contribution in [0, 0.1) is 6.92 Å². The van der Waals surface area contributed by atoms with E-state index in [-0.39, 0.29) is 5.69 Å². The first-order valence-electron chi connectivity index (χ1n) is 10.5. The highest BCUT2D eigenvalue weighted by atomic mass is 16.6. The van der Waals surface area contributed by atoms with E-state index in [1.54, 1.807) is 12.1 Å². The lowest BCUT2D eigenvalue weighted by atomic mass is 10.0. The average molecular weight is 436 g/mol. The molecule has 0 amide bonds. The van der Waals surface area contributed by atoms with Crippen molar-refractivity contribution in [2.45, 2.75) is 13.0 Å². The lowest BCUT2D eigenvalue weighted by Crippen LogP contribution is -2.13. The van der Waals surface area contributed by atoms with E-state index in [9.17, 15) is 4.79 Å². The van der Waals surface area contributed by atoms with E-state index in [1.807, 2.05) is 91.9 Å². The summed E-state index contributed by atoms with van der Waals surface area (Å²) in [5, 5.41) is 8.10. The summed E-state index contributed by atoms with van der Waals surface area (Å²) < 4.78 is 16.8. The van der Waals surface area contributed by atoms with Gasteiger partial charge in [0.1, 0.15) is 5.69 Å². The fourth-order valence-corrected chi connectivity index (χ4v) is 3.47. The summed E-state index contributed by atoms with van der Waals surface area (Å²) in [5.41, 5.74) is 4.14. The van der Waals surface area contributed by atoms with Crippen LogP contribution in [0.5, 0.6) is 0 Å². The maximum Gasteiger partial charge on any atom is 0.361 e. The van der Waals surface area contributed by atoms with Gasteiger partial charge < -0.3 is 13.8 Å². The molecule has 0 aliphatic rings. The maximum atomic E-state index is 13.0. The number of carbonyl (C=O) groups excluding carboxylic acids is 1. The number of ether oxygens (including phenoxy) is 1. The lowest BCUT2D eigenvalue weighted by molar-refractivity contribution is 0.0354. The average Bonchev–Trinajstić information content (AvgIpc) is 3.55. The van der Waals surface area contributed by atoms with E-state index in [0.717, 1.165) is 22.3 Å². The molecule has 0 N–H and O–H groups in total. The molecule has 0 fully saturated rings. The Morgan fingerprint density at radius 2 is 1.33 bits per heavy atom. The number of rotatable bonds is 6. The number of esters is 1. The van der Waals surface area contributed by atoms with Crippen LogP contribution in [-0.2, 0) is 4.74 Å². The number of hydrogen-bond acceptors (Lipinski definition) is 6. The third-order valence-electron chi connectivity index (χ3n) is 5.24. The molecule has 0 bridgehead atoms. The molecule has 0 aliphatic heterocycles. The number of aryl methyl sites for hydroxylation is 1. The quantitative estimate of drug-likeness (QED) is 0.293. The topological polar surface area (TPSA) is 78.4 Å². The van der Waals surface area contributed by atoms with Gasteiger partial charge in [-0.15, -0.1) is 0 Å². The fraction of sp³-hybridized carbons (Fsp3) is 0.0741. The molecule has 6 nitrogen and oxygen atoms in total. The Balaban J connectivity index is 1.44. The first kappa shape index (κ1) is 20.5. The Morgan fingerprint density at radius 3 is 1.97 bits per heavy atom. The van der Waals surface area contributed by atoms with Crippen LogP contribution in [0.15, 0.2) is 106 Å². The Hall–Kier alpha value is -4.45. The molecule has 6 heteroatoms. The molecule has 1 atom stereocenters. The normalized spacial score (nSPS) is 11.8. The second-order valence-electron chi connectivity index (χ2n) is 7.62. The van der Waals surface area contributed by atoms with Crippen molar-refractivity contribution in [1.29, 1.82) is 0 Å². The molecule has 0 radical (unpaired) electrons. The summed E-state index contributed by atoms with van der Waals surface area (Å²) in [6.07, 6.45) is -0.767. The summed E-state index contributed by atoms with van der Waals surface area (Å²) in [4.78, 5) is 13.0. The van der Waals surface area contributed by atoms with Gasteiger partial charge in [0.15, 0.2) is 23.3 Å². The molecule has 0 aliphatic carbocycles. The van der Waals surface area contributed by atoms with E-state index in [1.165, 1.54) is 0 Å². The van der Waals surface area contributed by atoms with Crippen LogP contribution in [0.25, 0.3) is 22.6 Å². The molecule has 33 heavy (non-hydrogen) atoms. The van der Waals surface area contributed by atoms with Gasteiger partial charge in [-0.3, -0.25) is 0 Å². The van der Waals surface area contributed by atoms with Crippen molar-refractivity contribution in [3.63, 3.8) is 0 Å². The zero-order valence-corrected chi connectivity index (χ0v) is 17.8. The Kier molecular flexibility index (Phi) is 5.55. The predicted octanol–water partition coefficient (Wildman–Crippen LogP) is 6.25. The van der Waals surface area contributed by atoms with E-state index in [4.69, 9.17) is 13.8 Å². The molecule has 0 spiro atoms. The van der Waals surface area contributed by atoms with Gasteiger partial charge in [-0.05, 0) is 12.5 Å². The summed E-state index contributed by atoms with van der Waals surface area (Å²) in [6, 6.07) is 30.1. The van der Waals surface area contributed by atoms with Crippen LogP contribution in [0.1, 0.15) is 33.4 Å². The molecule has 0 saturated heterocycles. The molecule has 162 valence electrons. The first-order valence-corrected chi connectivity index (χ1v) is 10.5. The van der Waals surface area contributed by atoms with Gasteiger partial charge in [0.05, 0.1) is 0 Å². The van der Waals surface area contributed by atoms with E-state index >= 15 is 0 Å². The Labute approximate surface area is 190 Å². The van der Waals surface area contributed by atoms with Gasteiger partial charge in [-0.1, -0.05) is 101 Å². The van der Waals surface area contributed by atoms with Crippen LogP contribution in [0.4, 0.5) is 0 Å². The molecular weight excluding hydrogens is 416 g/mol. The second-order valence-corrected chi connectivity index (χ2v) is 7.62. The van der Waals surface area contributed by atoms with Gasteiger partial charge in [0, 0.05) is 23.3 Å². The van der Waals surface area contributed by atoms with Crippen molar-refractivity contribution < 1.29 is 18.6 Å². The molecule has 5 aromatic rings. The standard InChI is InChI=1S/C27H20N2O4/c1-18-12-14-21(15-13-18)26(22-16-24(32-28-22)19-8-4-2-5-9-19)31-27(30)23-17-25(33-29-23)20-10-6-3-7-11-20/h2-17,26H,1H3. The monoisotopic (exact) mass is 436 g/mol. The first-order chi connectivity index (χ1) is 16.2. The van der Waals surface area contributed by atoms with Gasteiger partial charge >= 0.3 is 5.97 Å². The highest BCUT2D eigenvalue weighted by Gasteiger charge is 2.26. The highest BCUT2D eigenvalue weighted by Crippen LogP contribution is 2.31. The van der Waals surface area contributed by atoms with Gasteiger partial charge in [-0.2, -0.15) is 0 Å². The molecule has 2 aromatic heterocycles. The van der Waals surface area contributed by atoms with Crippen LogP contribution in [0.2, 0.25) is 0 Å². The maximum absolute atomic E-state index is 13.0. The molecule has 5 rings (SSSR count). The van der Waals surface area contributed by atoms with Gasteiger partial charge in [-0.25, -0.2) is 4.79 Å². The number of aromatic nitrogens is 2. The van der Waals surface area contributed by atoms with Crippen molar-refractivity contribution in [2.24, 2.45) is 0 Å². The summed E-state index contributed by atoms with van der Waals surface area (Å²) in [7, 11) is 0. The van der Waals surface area contributed by atoms with Crippen molar-refractivity contribution >= 4 is 5.97 Å². The minimum Gasteiger partial charge on any atom is -0.446 e. The smallest absolute Gasteiger partial charge is 0.361 e. The summed E-state index contributed by atoms with van der Waals surface area (Å²) in [5.74, 6) is 0.463. The SMILES string of the molecule is Cc1ccc(C(OC(=O)c2cc(-c3ccccc3)on2)c2cc(-c3ccccc3)on2)cc1. The van der Waals surface area contributed by atoms with E-state index in [2.05, 4.69) is 10.3 Å². The molecule has 1 unspecified atom stereocenters.